The van der Waals surface area contributed by atoms with Gasteiger partial charge in [-0.25, -0.2) is 0 Å². The van der Waals surface area contributed by atoms with E-state index < -0.39 is 0 Å². The number of anilines is 1. The number of carbonyl (C=O) groups is 1. The van der Waals surface area contributed by atoms with Gasteiger partial charge in [0.15, 0.2) is 0 Å². The lowest BCUT2D eigenvalue weighted by atomic mass is 9.91. The molecule has 3 aromatic rings. The topological polar surface area (TPSA) is 53.7 Å². The van der Waals surface area contributed by atoms with E-state index in [9.17, 15) is 4.79 Å². The Morgan fingerprint density at radius 2 is 1.82 bits per heavy atom. The Hall–Kier alpha value is -3.06. The van der Waals surface area contributed by atoms with E-state index in [4.69, 9.17) is 4.99 Å². The van der Waals surface area contributed by atoms with Gasteiger partial charge in [-0.2, -0.15) is 0 Å². The third kappa shape index (κ3) is 4.06. The second-order valence-corrected chi connectivity index (χ2v) is 10.6. The number of fused-ring (bicyclic) bond motifs is 3. The van der Waals surface area contributed by atoms with Gasteiger partial charge in [0.05, 0.1) is 16.3 Å². The number of pyridine rings is 1. The Morgan fingerprint density at radius 3 is 2.52 bits per heavy atom. The van der Waals surface area contributed by atoms with Gasteiger partial charge in [-0.15, -0.1) is 0 Å². The van der Waals surface area contributed by atoms with Crippen LogP contribution in [0.1, 0.15) is 42.3 Å². The van der Waals surface area contributed by atoms with Crippen molar-refractivity contribution in [1.82, 2.24) is 14.5 Å². The monoisotopic (exact) mass is 459 g/mol. The molecule has 2 aliphatic heterocycles. The minimum atomic E-state index is 0.0291. The van der Waals surface area contributed by atoms with Crippen LogP contribution in [0.25, 0.3) is 0 Å². The van der Waals surface area contributed by atoms with Gasteiger partial charge in [0.2, 0.25) is 5.96 Å². The number of hydrogen-bond acceptors (Lipinski definition) is 5. The summed E-state index contributed by atoms with van der Waals surface area (Å²) in [6, 6.07) is 12.6. The summed E-state index contributed by atoms with van der Waals surface area (Å²) in [6.07, 6.45) is 5.72. The fraction of sp³-hybridized carbons (Fsp3) is 0.346. The Labute approximate surface area is 199 Å². The van der Waals surface area contributed by atoms with E-state index in [0.29, 0.717) is 13.1 Å². The van der Waals surface area contributed by atoms with Crippen LogP contribution in [0.2, 0.25) is 0 Å². The van der Waals surface area contributed by atoms with Crippen molar-refractivity contribution in [2.75, 3.05) is 24.5 Å². The van der Waals surface area contributed by atoms with Crippen molar-refractivity contribution < 1.29 is 4.79 Å². The Bertz CT molecular complexity index is 1210. The molecule has 0 fully saturated rings. The van der Waals surface area contributed by atoms with Gasteiger partial charge in [-0.3, -0.25) is 19.7 Å². The zero-order chi connectivity index (χ0) is 23.2. The zero-order valence-corrected chi connectivity index (χ0v) is 20.4. The molecule has 0 saturated heterocycles. The molecular weight excluding hydrogens is 430 g/mol. The fourth-order valence-corrected chi connectivity index (χ4v) is 5.43. The summed E-state index contributed by atoms with van der Waals surface area (Å²) in [7, 11) is 0. The van der Waals surface area contributed by atoms with Gasteiger partial charge in [-0.05, 0) is 31.5 Å². The number of benzene rings is 1. The molecule has 2 aliphatic rings. The third-order valence-electron chi connectivity index (χ3n) is 6.13. The molecule has 0 atom stereocenters. The smallest absolute Gasteiger partial charge is 0.265 e. The maximum atomic E-state index is 13.8. The molecule has 0 radical (unpaired) electrons. The predicted molar refractivity (Wildman–Crippen MR) is 133 cm³/mol. The lowest BCUT2D eigenvalue weighted by Crippen LogP contribution is -2.57. The summed E-state index contributed by atoms with van der Waals surface area (Å²) in [5, 5.41) is 0.961. The predicted octanol–water partition coefficient (Wildman–Crippen LogP) is 5.07. The molecule has 5 rings (SSSR count). The number of aromatic nitrogens is 2. The summed E-state index contributed by atoms with van der Waals surface area (Å²) < 4.78 is 2.22. The first-order valence-electron chi connectivity index (χ1n) is 11.4. The average Bonchev–Trinajstić information content (AvgIpc) is 3.15. The summed E-state index contributed by atoms with van der Waals surface area (Å²) in [5.74, 6) is 0.809. The van der Waals surface area contributed by atoms with Gasteiger partial charge in [0.25, 0.3) is 5.91 Å². The minimum absolute atomic E-state index is 0.0291. The van der Waals surface area contributed by atoms with Crippen LogP contribution < -0.4 is 4.90 Å². The number of rotatable bonds is 5. The van der Waals surface area contributed by atoms with Crippen LogP contribution in [-0.2, 0) is 6.54 Å². The molecule has 0 saturated carbocycles. The van der Waals surface area contributed by atoms with Gasteiger partial charge >= 0.3 is 0 Å². The van der Waals surface area contributed by atoms with E-state index in [1.807, 2.05) is 24.0 Å². The Morgan fingerprint density at radius 1 is 1.09 bits per heavy atom. The van der Waals surface area contributed by atoms with Gasteiger partial charge < -0.3 is 9.47 Å². The van der Waals surface area contributed by atoms with Gasteiger partial charge in [-0.1, -0.05) is 55.4 Å². The van der Waals surface area contributed by atoms with Gasteiger partial charge in [0.1, 0.15) is 0 Å². The first-order valence-corrected chi connectivity index (χ1v) is 12.2. The second kappa shape index (κ2) is 8.37. The van der Waals surface area contributed by atoms with E-state index in [1.165, 1.54) is 11.1 Å². The Kier molecular flexibility index (Phi) is 5.52. The Balaban J connectivity index is 1.66. The van der Waals surface area contributed by atoms with Crippen molar-refractivity contribution in [1.29, 1.82) is 0 Å². The number of aryl methyl sites for hydroxylation is 1. The molecule has 1 amide bonds. The van der Waals surface area contributed by atoms with E-state index >= 15 is 0 Å². The normalized spacial score (nSPS) is 17.0. The molecule has 4 heterocycles. The van der Waals surface area contributed by atoms with Crippen molar-refractivity contribution >= 4 is 29.3 Å². The number of aliphatic imine (C=N–C) groups is 1. The standard InChI is InChI=1S/C26H29N5OS/c1-5-30-23(32)22-21(31-17-26(3,4)16-28-25(30)31)15-29(14-19-8-6-18(2)7-9-19)24(22)33-20-10-12-27-13-11-20/h6-13,15H,5,14,16-17H2,1-4H3. The average molecular weight is 460 g/mol. The first-order chi connectivity index (χ1) is 15.9. The maximum Gasteiger partial charge on any atom is 0.265 e. The van der Waals surface area contributed by atoms with Crippen LogP contribution in [0.5, 0.6) is 0 Å². The van der Waals surface area contributed by atoms with Crippen molar-refractivity contribution in [3.8, 4) is 0 Å². The number of guanidine groups is 1. The molecule has 170 valence electrons. The molecule has 0 aliphatic carbocycles. The molecule has 0 N–H and O–H groups in total. The molecule has 2 aromatic heterocycles. The van der Waals surface area contributed by atoms with E-state index in [-0.39, 0.29) is 11.3 Å². The largest absolute Gasteiger partial charge is 0.335 e. The highest BCUT2D eigenvalue weighted by molar-refractivity contribution is 7.99. The van der Waals surface area contributed by atoms with Gasteiger partial charge in [0, 0.05) is 55.1 Å². The highest BCUT2D eigenvalue weighted by atomic mass is 32.2. The lowest BCUT2D eigenvalue weighted by molar-refractivity contribution is 0.0838. The summed E-state index contributed by atoms with van der Waals surface area (Å²) in [6.45, 7) is 11.4. The van der Waals surface area contributed by atoms with Crippen LogP contribution >= 0.6 is 11.8 Å². The van der Waals surface area contributed by atoms with Crippen LogP contribution in [0, 0.1) is 12.3 Å². The summed E-state index contributed by atoms with van der Waals surface area (Å²) in [5.41, 5.74) is 4.21. The molecule has 7 heteroatoms. The zero-order valence-electron chi connectivity index (χ0n) is 19.6. The quantitative estimate of drug-likeness (QED) is 0.535. The number of nitrogens with zero attached hydrogens (tertiary/aromatic N) is 5. The van der Waals surface area contributed by atoms with E-state index in [2.05, 4.69) is 65.7 Å². The highest BCUT2D eigenvalue weighted by Crippen LogP contribution is 2.43. The number of carbonyl (C=O) groups excluding carboxylic acids is 1. The first kappa shape index (κ1) is 21.8. The number of amides is 1. The van der Waals surface area contributed by atoms with Crippen molar-refractivity contribution in [3.63, 3.8) is 0 Å². The third-order valence-corrected chi connectivity index (χ3v) is 7.27. The van der Waals surface area contributed by atoms with Crippen LogP contribution in [0.4, 0.5) is 5.69 Å². The molecular formula is C26H29N5OS. The highest BCUT2D eigenvalue weighted by Gasteiger charge is 2.42. The molecule has 1 aromatic carbocycles. The SMILES string of the molecule is CCN1C(=O)c2c(cn(Cc3ccc(C)cc3)c2Sc2ccncc2)N2CC(C)(C)CN=C12. The van der Waals surface area contributed by atoms with Crippen LogP contribution in [-0.4, -0.2) is 46.0 Å². The summed E-state index contributed by atoms with van der Waals surface area (Å²) >= 11 is 1.62. The number of hydrogen-bond donors (Lipinski definition) is 0. The molecule has 0 bridgehead atoms. The van der Waals surface area contributed by atoms with Crippen LogP contribution in [0.3, 0.4) is 0 Å². The van der Waals surface area contributed by atoms with E-state index in [1.54, 1.807) is 24.2 Å². The molecule has 6 nitrogen and oxygen atoms in total. The lowest BCUT2D eigenvalue weighted by Gasteiger charge is -2.44. The fourth-order valence-electron chi connectivity index (χ4n) is 4.42. The summed E-state index contributed by atoms with van der Waals surface area (Å²) in [4.78, 5) is 27.9. The van der Waals surface area contributed by atoms with Crippen molar-refractivity contribution in [2.45, 2.75) is 44.2 Å². The van der Waals surface area contributed by atoms with E-state index in [0.717, 1.165) is 40.2 Å². The second-order valence-electron chi connectivity index (χ2n) is 9.51. The minimum Gasteiger partial charge on any atom is -0.335 e. The van der Waals surface area contributed by atoms with Crippen molar-refractivity contribution in [2.24, 2.45) is 10.4 Å². The molecule has 33 heavy (non-hydrogen) atoms. The molecule has 0 spiro atoms. The maximum absolute atomic E-state index is 13.8. The molecule has 0 unspecified atom stereocenters. The van der Waals surface area contributed by atoms with Crippen molar-refractivity contribution in [3.05, 3.63) is 71.7 Å². The van der Waals surface area contributed by atoms with Crippen LogP contribution in [0.15, 0.2) is 69.9 Å².